The first-order valence-electron chi connectivity index (χ1n) is 5.43. The van der Waals surface area contributed by atoms with Gasteiger partial charge in [0, 0.05) is 15.6 Å². The third kappa shape index (κ3) is 2.88. The molecule has 0 aliphatic carbocycles. The zero-order valence-corrected chi connectivity index (χ0v) is 11.4. The fraction of sp³-hybridized carbons (Fsp3) is 0.143. The van der Waals surface area contributed by atoms with Crippen molar-refractivity contribution in [3.63, 3.8) is 0 Å². The second-order valence-electron chi connectivity index (χ2n) is 4.12. The number of rotatable bonds is 1. The predicted molar refractivity (Wildman–Crippen MR) is 71.6 cm³/mol. The second-order valence-corrected chi connectivity index (χ2v) is 4.96. The molecule has 0 aliphatic heterocycles. The normalized spacial score (nSPS) is 11.7. The molecule has 0 aromatic heterocycles. The Morgan fingerprint density at radius 1 is 1.00 bits per heavy atom. The quantitative estimate of drug-likeness (QED) is 0.607. The van der Waals surface area contributed by atoms with Gasteiger partial charge in [-0.2, -0.15) is 13.2 Å². The van der Waals surface area contributed by atoms with Crippen LogP contribution < -0.4 is 0 Å². The lowest BCUT2D eigenvalue weighted by Gasteiger charge is -2.16. The number of hydrogen-bond donors (Lipinski definition) is 0. The first kappa shape index (κ1) is 14.2. The number of benzene rings is 2. The highest BCUT2D eigenvalue weighted by molar-refractivity contribution is 6.36. The average molecular weight is 305 g/mol. The van der Waals surface area contributed by atoms with Gasteiger partial charge in [-0.15, -0.1) is 0 Å². The van der Waals surface area contributed by atoms with Crippen molar-refractivity contribution in [3.05, 3.63) is 57.6 Å². The van der Waals surface area contributed by atoms with E-state index in [0.29, 0.717) is 16.1 Å². The van der Waals surface area contributed by atoms with Crippen LogP contribution in [-0.2, 0) is 6.18 Å². The molecular weight excluding hydrogens is 296 g/mol. The van der Waals surface area contributed by atoms with Crippen LogP contribution in [0.1, 0.15) is 11.1 Å². The maximum atomic E-state index is 13.1. The van der Waals surface area contributed by atoms with Gasteiger partial charge in [0.25, 0.3) is 0 Å². The minimum atomic E-state index is -4.43. The van der Waals surface area contributed by atoms with Crippen LogP contribution in [0.25, 0.3) is 11.1 Å². The van der Waals surface area contributed by atoms with Crippen LogP contribution >= 0.6 is 23.2 Å². The summed E-state index contributed by atoms with van der Waals surface area (Å²) < 4.78 is 39.2. The molecule has 100 valence electrons. The molecule has 0 heterocycles. The lowest BCUT2D eigenvalue weighted by atomic mass is 9.94. The van der Waals surface area contributed by atoms with E-state index in [0.717, 1.165) is 6.07 Å². The van der Waals surface area contributed by atoms with Gasteiger partial charge in [0.2, 0.25) is 0 Å². The Kier molecular flexibility index (Phi) is 3.79. The molecule has 0 radical (unpaired) electrons. The van der Waals surface area contributed by atoms with E-state index < -0.39 is 11.7 Å². The van der Waals surface area contributed by atoms with Gasteiger partial charge >= 0.3 is 6.18 Å². The Labute approximate surface area is 118 Å². The Hall–Kier alpha value is -1.19. The minimum absolute atomic E-state index is 0.0941. The molecule has 0 saturated carbocycles. The zero-order valence-electron chi connectivity index (χ0n) is 9.85. The molecule has 0 spiro atoms. The maximum absolute atomic E-state index is 13.1. The van der Waals surface area contributed by atoms with E-state index in [-0.39, 0.29) is 10.6 Å². The van der Waals surface area contributed by atoms with Crippen LogP contribution in [0.15, 0.2) is 36.4 Å². The lowest BCUT2D eigenvalue weighted by molar-refractivity contribution is -0.137. The molecule has 0 atom stereocenters. The lowest BCUT2D eigenvalue weighted by Crippen LogP contribution is -2.08. The summed E-state index contributed by atoms with van der Waals surface area (Å²) in [6.07, 6.45) is -4.43. The summed E-state index contributed by atoms with van der Waals surface area (Å²) in [6, 6.07) is 8.51. The topological polar surface area (TPSA) is 0 Å². The van der Waals surface area contributed by atoms with Crippen molar-refractivity contribution in [2.45, 2.75) is 13.1 Å². The average Bonchev–Trinajstić information content (AvgIpc) is 2.28. The van der Waals surface area contributed by atoms with Gasteiger partial charge in [-0.1, -0.05) is 41.4 Å². The fourth-order valence-corrected chi connectivity index (χ4v) is 2.46. The number of halogens is 5. The van der Waals surface area contributed by atoms with Crippen LogP contribution in [-0.4, -0.2) is 0 Å². The Bertz CT molecular complexity index is 619. The molecule has 0 unspecified atom stereocenters. The summed E-state index contributed by atoms with van der Waals surface area (Å²) in [4.78, 5) is 0. The largest absolute Gasteiger partial charge is 0.417 e. The molecule has 0 saturated heterocycles. The monoisotopic (exact) mass is 304 g/mol. The summed E-state index contributed by atoms with van der Waals surface area (Å²) in [5, 5.41) is 0.586. The zero-order chi connectivity index (χ0) is 14.2. The predicted octanol–water partition coefficient (Wildman–Crippen LogP) is 5.99. The number of aryl methyl sites for hydroxylation is 1. The minimum Gasteiger partial charge on any atom is -0.166 e. The van der Waals surface area contributed by atoms with E-state index >= 15 is 0 Å². The molecule has 2 aromatic carbocycles. The van der Waals surface area contributed by atoms with Crippen LogP contribution in [0.3, 0.4) is 0 Å². The van der Waals surface area contributed by atoms with Crippen molar-refractivity contribution in [2.24, 2.45) is 0 Å². The molecule has 0 N–H and O–H groups in total. The number of hydrogen-bond acceptors (Lipinski definition) is 0. The summed E-state index contributed by atoms with van der Waals surface area (Å²) >= 11 is 11.8. The van der Waals surface area contributed by atoms with Gasteiger partial charge in [-0.25, -0.2) is 0 Å². The Morgan fingerprint density at radius 2 is 1.68 bits per heavy atom. The van der Waals surface area contributed by atoms with Crippen LogP contribution in [0.5, 0.6) is 0 Å². The van der Waals surface area contributed by atoms with Gasteiger partial charge in [0.1, 0.15) is 0 Å². The maximum Gasteiger partial charge on any atom is 0.417 e. The van der Waals surface area contributed by atoms with Crippen molar-refractivity contribution in [1.29, 1.82) is 0 Å². The van der Waals surface area contributed by atoms with Crippen LogP contribution in [0.4, 0.5) is 13.2 Å². The van der Waals surface area contributed by atoms with Gasteiger partial charge < -0.3 is 0 Å². The van der Waals surface area contributed by atoms with E-state index in [2.05, 4.69) is 0 Å². The molecule has 0 bridgehead atoms. The molecule has 5 heteroatoms. The first-order chi connectivity index (χ1) is 8.80. The van der Waals surface area contributed by atoms with E-state index in [1.165, 1.54) is 24.3 Å². The van der Waals surface area contributed by atoms with Crippen molar-refractivity contribution >= 4 is 23.2 Å². The van der Waals surface area contributed by atoms with Crippen molar-refractivity contribution in [3.8, 4) is 11.1 Å². The van der Waals surface area contributed by atoms with E-state index in [1.54, 1.807) is 13.0 Å². The SMILES string of the molecule is Cc1cccc(C(F)(F)F)c1-c1ccc(Cl)cc1Cl. The van der Waals surface area contributed by atoms with Crippen molar-refractivity contribution in [2.75, 3.05) is 0 Å². The summed E-state index contributed by atoms with van der Waals surface area (Å²) in [7, 11) is 0. The highest BCUT2D eigenvalue weighted by atomic mass is 35.5. The fourth-order valence-electron chi connectivity index (χ4n) is 1.95. The van der Waals surface area contributed by atoms with E-state index in [4.69, 9.17) is 23.2 Å². The third-order valence-corrected chi connectivity index (χ3v) is 3.33. The third-order valence-electron chi connectivity index (χ3n) is 2.78. The van der Waals surface area contributed by atoms with Gasteiger partial charge in [0.15, 0.2) is 0 Å². The smallest absolute Gasteiger partial charge is 0.166 e. The Balaban J connectivity index is 2.74. The van der Waals surface area contributed by atoms with Crippen molar-refractivity contribution < 1.29 is 13.2 Å². The standard InChI is InChI=1S/C14H9Cl2F3/c1-8-3-2-4-11(14(17,18)19)13(8)10-6-5-9(15)7-12(10)16/h2-7H,1H3. The molecule has 0 fully saturated rings. The summed E-state index contributed by atoms with van der Waals surface area (Å²) in [5.74, 6) is 0. The highest BCUT2D eigenvalue weighted by Crippen LogP contribution is 2.41. The van der Waals surface area contributed by atoms with Gasteiger partial charge in [-0.05, 0) is 36.2 Å². The Morgan fingerprint density at radius 3 is 2.26 bits per heavy atom. The van der Waals surface area contributed by atoms with Crippen LogP contribution in [0.2, 0.25) is 10.0 Å². The van der Waals surface area contributed by atoms with Crippen molar-refractivity contribution in [1.82, 2.24) is 0 Å². The van der Waals surface area contributed by atoms with Gasteiger partial charge in [0.05, 0.1) is 5.56 Å². The first-order valence-corrected chi connectivity index (χ1v) is 6.18. The van der Waals surface area contributed by atoms with E-state index in [1.807, 2.05) is 0 Å². The highest BCUT2D eigenvalue weighted by Gasteiger charge is 2.34. The second kappa shape index (κ2) is 5.06. The summed E-state index contributed by atoms with van der Waals surface area (Å²) in [5.41, 5.74) is 0.240. The van der Waals surface area contributed by atoms with E-state index in [9.17, 15) is 13.2 Å². The molecule has 2 rings (SSSR count). The summed E-state index contributed by atoms with van der Waals surface area (Å²) in [6.45, 7) is 1.62. The van der Waals surface area contributed by atoms with Gasteiger partial charge in [-0.3, -0.25) is 0 Å². The molecule has 0 nitrogen and oxygen atoms in total. The molecule has 0 amide bonds. The molecule has 0 aliphatic rings. The molecular formula is C14H9Cl2F3. The number of alkyl halides is 3. The van der Waals surface area contributed by atoms with Crippen LogP contribution in [0, 0.1) is 6.92 Å². The molecule has 2 aromatic rings. The molecule has 19 heavy (non-hydrogen) atoms.